The van der Waals surface area contributed by atoms with Gasteiger partial charge in [0, 0.05) is 18.7 Å². The molecule has 0 aliphatic rings. The molecule has 0 fully saturated rings. The Labute approximate surface area is 69.3 Å². The van der Waals surface area contributed by atoms with E-state index in [0.29, 0.717) is 0 Å². The van der Waals surface area contributed by atoms with Gasteiger partial charge in [-0.1, -0.05) is 12.2 Å². The van der Waals surface area contributed by atoms with Gasteiger partial charge in [0.1, 0.15) is 0 Å². The molecule has 0 heterocycles. The summed E-state index contributed by atoms with van der Waals surface area (Å²) >= 11 is 0. The number of aliphatic hydroxyl groups excluding tert-OH is 1. The van der Waals surface area contributed by atoms with E-state index in [4.69, 9.17) is 5.11 Å². The third-order valence-corrected chi connectivity index (χ3v) is 1.61. The van der Waals surface area contributed by atoms with Gasteiger partial charge < -0.3 is 10.4 Å². The zero-order valence-corrected chi connectivity index (χ0v) is 7.78. The first-order valence-electron chi connectivity index (χ1n) is 3.98. The maximum atomic E-state index is 8.70. The van der Waals surface area contributed by atoms with Crippen molar-refractivity contribution >= 4 is 0 Å². The van der Waals surface area contributed by atoms with E-state index in [1.54, 1.807) is 0 Å². The first-order valence-corrected chi connectivity index (χ1v) is 3.98. The Bertz CT molecular complexity index is 130. The lowest BCUT2D eigenvalue weighted by molar-refractivity contribution is 0.234. The largest absolute Gasteiger partial charge is 0.396 e. The van der Waals surface area contributed by atoms with Crippen molar-refractivity contribution in [1.29, 1.82) is 0 Å². The smallest absolute Gasteiger partial charge is 0.0448 e. The minimum Gasteiger partial charge on any atom is -0.396 e. The molecular weight excluding hydrogens is 138 g/mol. The molecule has 0 radical (unpaired) electrons. The molecule has 0 aromatic carbocycles. The van der Waals surface area contributed by atoms with E-state index in [1.807, 2.05) is 6.92 Å². The predicted molar refractivity (Wildman–Crippen MR) is 48.6 cm³/mol. The first-order chi connectivity index (χ1) is 4.98. The molecule has 0 rings (SSSR count). The van der Waals surface area contributed by atoms with Crippen molar-refractivity contribution < 1.29 is 5.11 Å². The Kier molecular flexibility index (Phi) is 4.38. The molecule has 2 N–H and O–H groups in total. The highest BCUT2D eigenvalue weighted by Gasteiger charge is 2.14. The van der Waals surface area contributed by atoms with Crippen LogP contribution < -0.4 is 5.32 Å². The van der Waals surface area contributed by atoms with Crippen molar-refractivity contribution in [3.63, 3.8) is 0 Å². The second-order valence-corrected chi connectivity index (χ2v) is 3.67. The SMILES string of the molecule is C=C(C)CNC(C)(C)CCO. The van der Waals surface area contributed by atoms with Crippen LogP contribution in [0.2, 0.25) is 0 Å². The molecule has 2 nitrogen and oxygen atoms in total. The highest BCUT2D eigenvalue weighted by Crippen LogP contribution is 2.06. The van der Waals surface area contributed by atoms with Gasteiger partial charge in [0.05, 0.1) is 0 Å². The summed E-state index contributed by atoms with van der Waals surface area (Å²) in [5.41, 5.74) is 1.14. The number of hydrogen-bond acceptors (Lipinski definition) is 2. The van der Waals surface area contributed by atoms with Crippen molar-refractivity contribution in [1.82, 2.24) is 5.32 Å². The van der Waals surface area contributed by atoms with Crippen molar-refractivity contribution in [2.75, 3.05) is 13.2 Å². The summed E-state index contributed by atoms with van der Waals surface area (Å²) in [6.07, 6.45) is 0.778. The standard InChI is InChI=1S/C9H19NO/c1-8(2)7-10-9(3,4)5-6-11/h10-11H,1,5-7H2,2-4H3. The van der Waals surface area contributed by atoms with Crippen molar-refractivity contribution in [3.8, 4) is 0 Å². The lowest BCUT2D eigenvalue weighted by Crippen LogP contribution is -2.40. The van der Waals surface area contributed by atoms with E-state index >= 15 is 0 Å². The van der Waals surface area contributed by atoms with Crippen LogP contribution in [0.5, 0.6) is 0 Å². The molecule has 0 amide bonds. The molecule has 0 atom stereocenters. The number of hydrogen-bond donors (Lipinski definition) is 2. The molecule has 0 unspecified atom stereocenters. The van der Waals surface area contributed by atoms with Gasteiger partial charge in [0.15, 0.2) is 0 Å². The van der Waals surface area contributed by atoms with E-state index in [1.165, 1.54) is 0 Å². The van der Waals surface area contributed by atoms with Gasteiger partial charge >= 0.3 is 0 Å². The summed E-state index contributed by atoms with van der Waals surface area (Å²) in [7, 11) is 0. The van der Waals surface area contributed by atoms with E-state index in [0.717, 1.165) is 18.5 Å². The van der Waals surface area contributed by atoms with Crippen LogP contribution in [0.25, 0.3) is 0 Å². The quantitative estimate of drug-likeness (QED) is 0.590. The van der Waals surface area contributed by atoms with Crippen LogP contribution in [0.1, 0.15) is 27.2 Å². The molecule has 66 valence electrons. The summed E-state index contributed by atoms with van der Waals surface area (Å²) < 4.78 is 0. The molecule has 2 heteroatoms. The molecule has 0 aliphatic heterocycles. The normalized spacial score (nSPS) is 11.6. The topological polar surface area (TPSA) is 32.3 Å². The molecule has 0 saturated carbocycles. The van der Waals surface area contributed by atoms with Gasteiger partial charge in [-0.25, -0.2) is 0 Å². The van der Waals surface area contributed by atoms with Crippen LogP contribution in [-0.2, 0) is 0 Å². The van der Waals surface area contributed by atoms with Gasteiger partial charge in [-0.05, 0) is 27.2 Å². The van der Waals surface area contributed by atoms with Crippen LogP contribution in [-0.4, -0.2) is 23.8 Å². The molecule has 0 bridgehead atoms. The summed E-state index contributed by atoms with van der Waals surface area (Å²) in [6, 6.07) is 0. The molecule has 0 aromatic heterocycles. The molecule has 0 aromatic rings. The third kappa shape index (κ3) is 6.07. The van der Waals surface area contributed by atoms with E-state index in [-0.39, 0.29) is 12.1 Å². The highest BCUT2D eigenvalue weighted by atomic mass is 16.3. The zero-order chi connectivity index (χ0) is 8.91. The van der Waals surface area contributed by atoms with Crippen molar-refractivity contribution in [2.45, 2.75) is 32.7 Å². The third-order valence-electron chi connectivity index (χ3n) is 1.61. The number of nitrogens with one attached hydrogen (secondary N) is 1. The highest BCUT2D eigenvalue weighted by molar-refractivity contribution is 4.93. The maximum Gasteiger partial charge on any atom is 0.0448 e. The van der Waals surface area contributed by atoms with Crippen LogP contribution >= 0.6 is 0 Å². The molecule has 0 aliphatic carbocycles. The van der Waals surface area contributed by atoms with Gasteiger partial charge in [-0.3, -0.25) is 0 Å². The Morgan fingerprint density at radius 2 is 2.09 bits per heavy atom. The van der Waals surface area contributed by atoms with Crippen LogP contribution in [0.3, 0.4) is 0 Å². The van der Waals surface area contributed by atoms with Crippen LogP contribution in [0, 0.1) is 0 Å². The lowest BCUT2D eigenvalue weighted by atomic mass is 10.0. The fourth-order valence-corrected chi connectivity index (χ4v) is 0.758. The molecular formula is C9H19NO. The fraction of sp³-hybridized carbons (Fsp3) is 0.778. The summed E-state index contributed by atoms with van der Waals surface area (Å²) in [5.74, 6) is 0. The van der Waals surface area contributed by atoms with E-state index in [2.05, 4.69) is 25.7 Å². The second-order valence-electron chi connectivity index (χ2n) is 3.67. The minimum absolute atomic E-state index is 0.0215. The monoisotopic (exact) mass is 157 g/mol. The van der Waals surface area contributed by atoms with Crippen LogP contribution in [0.4, 0.5) is 0 Å². The Hall–Kier alpha value is -0.340. The maximum absolute atomic E-state index is 8.70. The van der Waals surface area contributed by atoms with Crippen molar-refractivity contribution in [2.24, 2.45) is 0 Å². The van der Waals surface area contributed by atoms with Gasteiger partial charge in [0.2, 0.25) is 0 Å². The summed E-state index contributed by atoms with van der Waals surface area (Å²) in [4.78, 5) is 0. The average Bonchev–Trinajstić information content (AvgIpc) is 1.84. The minimum atomic E-state index is 0.0215. The van der Waals surface area contributed by atoms with Crippen molar-refractivity contribution in [3.05, 3.63) is 12.2 Å². The number of aliphatic hydroxyl groups is 1. The predicted octanol–water partition coefficient (Wildman–Crippen LogP) is 1.31. The molecule has 0 saturated heterocycles. The summed E-state index contributed by atoms with van der Waals surface area (Å²) in [6.45, 7) is 11.0. The number of rotatable bonds is 5. The molecule has 0 spiro atoms. The van der Waals surface area contributed by atoms with Crippen LogP contribution in [0.15, 0.2) is 12.2 Å². The Morgan fingerprint density at radius 3 is 2.45 bits per heavy atom. The average molecular weight is 157 g/mol. The fourth-order valence-electron chi connectivity index (χ4n) is 0.758. The Balaban J connectivity index is 3.63. The zero-order valence-electron chi connectivity index (χ0n) is 7.78. The lowest BCUT2D eigenvalue weighted by Gasteiger charge is -2.25. The van der Waals surface area contributed by atoms with E-state index < -0.39 is 0 Å². The first kappa shape index (κ1) is 10.7. The van der Waals surface area contributed by atoms with Gasteiger partial charge in [-0.15, -0.1) is 0 Å². The second kappa shape index (κ2) is 4.52. The van der Waals surface area contributed by atoms with E-state index in [9.17, 15) is 0 Å². The van der Waals surface area contributed by atoms with Gasteiger partial charge in [-0.2, -0.15) is 0 Å². The summed E-state index contributed by atoms with van der Waals surface area (Å²) in [5, 5.41) is 12.0. The van der Waals surface area contributed by atoms with Gasteiger partial charge in [0.25, 0.3) is 0 Å². The molecule has 11 heavy (non-hydrogen) atoms. The Morgan fingerprint density at radius 1 is 1.55 bits per heavy atom.